The van der Waals surface area contributed by atoms with Gasteiger partial charge in [-0.1, -0.05) is 25.1 Å². The molecule has 2 heteroatoms. The number of rotatable bonds is 1. The first kappa shape index (κ1) is 10.4. The number of hydrogen-bond donors (Lipinski definition) is 1. The van der Waals surface area contributed by atoms with Crippen LogP contribution in [0.3, 0.4) is 0 Å². The van der Waals surface area contributed by atoms with Crippen molar-refractivity contribution in [1.82, 2.24) is 4.98 Å². The number of hydrogen-bond acceptors (Lipinski definition) is 2. The lowest BCUT2D eigenvalue weighted by molar-refractivity contribution is 0.0670. The molecule has 0 saturated heterocycles. The molecule has 1 aliphatic rings. The van der Waals surface area contributed by atoms with E-state index in [1.807, 2.05) is 25.1 Å². The lowest BCUT2D eigenvalue weighted by Crippen LogP contribution is -2.26. The Morgan fingerprint density at radius 1 is 1.47 bits per heavy atom. The van der Waals surface area contributed by atoms with E-state index in [0.717, 1.165) is 24.1 Å². The van der Waals surface area contributed by atoms with Crippen molar-refractivity contribution in [2.45, 2.75) is 32.3 Å². The van der Waals surface area contributed by atoms with Gasteiger partial charge >= 0.3 is 0 Å². The van der Waals surface area contributed by atoms with Crippen LogP contribution < -0.4 is 0 Å². The Morgan fingerprint density at radius 3 is 2.80 bits per heavy atom. The van der Waals surface area contributed by atoms with Crippen LogP contribution in [-0.2, 0) is 5.60 Å². The highest BCUT2D eigenvalue weighted by Crippen LogP contribution is 2.33. The SMILES string of the molecule is Cc1ccc(C2(O)C=CC(C)CC2)cn1. The normalized spacial score (nSPS) is 30.5. The number of allylic oxidation sites excluding steroid dienone is 1. The van der Waals surface area contributed by atoms with Crippen LogP contribution in [0, 0.1) is 12.8 Å². The third-order valence-corrected chi connectivity index (χ3v) is 3.09. The van der Waals surface area contributed by atoms with Crippen molar-refractivity contribution in [1.29, 1.82) is 0 Å². The van der Waals surface area contributed by atoms with Crippen LogP contribution in [0.5, 0.6) is 0 Å². The minimum absolute atomic E-state index is 0.573. The third-order valence-electron chi connectivity index (χ3n) is 3.09. The number of aryl methyl sites for hydroxylation is 1. The fraction of sp³-hybridized carbons (Fsp3) is 0.462. The van der Waals surface area contributed by atoms with Crippen molar-refractivity contribution >= 4 is 0 Å². The fourth-order valence-electron chi connectivity index (χ4n) is 1.92. The van der Waals surface area contributed by atoms with E-state index in [9.17, 15) is 5.11 Å². The number of nitrogens with zero attached hydrogens (tertiary/aromatic N) is 1. The van der Waals surface area contributed by atoms with Gasteiger partial charge in [0.25, 0.3) is 0 Å². The van der Waals surface area contributed by atoms with E-state index in [4.69, 9.17) is 0 Å². The van der Waals surface area contributed by atoms with Gasteiger partial charge in [0, 0.05) is 17.5 Å². The maximum Gasteiger partial charge on any atom is 0.109 e. The van der Waals surface area contributed by atoms with Crippen LogP contribution in [0.25, 0.3) is 0 Å². The molecule has 0 amide bonds. The number of aliphatic hydroxyl groups is 1. The molecule has 0 aliphatic heterocycles. The smallest absolute Gasteiger partial charge is 0.109 e. The first-order chi connectivity index (χ1) is 7.10. The van der Waals surface area contributed by atoms with Gasteiger partial charge in [0.1, 0.15) is 5.60 Å². The zero-order valence-electron chi connectivity index (χ0n) is 9.27. The fourth-order valence-corrected chi connectivity index (χ4v) is 1.92. The summed E-state index contributed by atoms with van der Waals surface area (Å²) in [7, 11) is 0. The molecule has 0 aromatic carbocycles. The average molecular weight is 203 g/mol. The minimum Gasteiger partial charge on any atom is -0.381 e. The van der Waals surface area contributed by atoms with Gasteiger partial charge < -0.3 is 5.11 Å². The van der Waals surface area contributed by atoms with Gasteiger partial charge in [-0.05, 0) is 31.7 Å². The van der Waals surface area contributed by atoms with E-state index in [-0.39, 0.29) is 0 Å². The predicted molar refractivity (Wildman–Crippen MR) is 60.4 cm³/mol. The maximum atomic E-state index is 10.4. The van der Waals surface area contributed by atoms with E-state index in [1.54, 1.807) is 6.20 Å². The number of pyridine rings is 1. The highest BCUT2D eigenvalue weighted by molar-refractivity contribution is 5.27. The molecule has 1 aromatic heterocycles. The van der Waals surface area contributed by atoms with Crippen LogP contribution in [-0.4, -0.2) is 10.1 Å². The van der Waals surface area contributed by atoms with E-state index in [2.05, 4.69) is 18.0 Å². The highest BCUT2D eigenvalue weighted by Gasteiger charge is 2.29. The number of aromatic nitrogens is 1. The van der Waals surface area contributed by atoms with Crippen LogP contribution in [0.15, 0.2) is 30.5 Å². The Hall–Kier alpha value is -1.15. The molecule has 2 nitrogen and oxygen atoms in total. The monoisotopic (exact) mass is 203 g/mol. The van der Waals surface area contributed by atoms with Crippen LogP contribution in [0.1, 0.15) is 31.0 Å². The highest BCUT2D eigenvalue weighted by atomic mass is 16.3. The molecule has 1 aromatic rings. The van der Waals surface area contributed by atoms with Crippen molar-refractivity contribution in [2.75, 3.05) is 0 Å². The van der Waals surface area contributed by atoms with Crippen molar-refractivity contribution in [2.24, 2.45) is 5.92 Å². The lowest BCUT2D eigenvalue weighted by Gasteiger charge is -2.30. The van der Waals surface area contributed by atoms with Gasteiger partial charge in [-0.15, -0.1) is 0 Å². The lowest BCUT2D eigenvalue weighted by atomic mass is 9.82. The van der Waals surface area contributed by atoms with Crippen molar-refractivity contribution < 1.29 is 5.11 Å². The summed E-state index contributed by atoms with van der Waals surface area (Å²) >= 11 is 0. The summed E-state index contributed by atoms with van der Waals surface area (Å²) in [4.78, 5) is 4.22. The van der Waals surface area contributed by atoms with E-state index < -0.39 is 5.60 Å². The average Bonchev–Trinajstić information content (AvgIpc) is 2.24. The summed E-state index contributed by atoms with van der Waals surface area (Å²) in [5, 5.41) is 10.4. The maximum absolute atomic E-state index is 10.4. The molecule has 2 rings (SSSR count). The predicted octanol–water partition coefficient (Wildman–Crippen LogP) is 2.56. The zero-order valence-corrected chi connectivity index (χ0v) is 9.27. The van der Waals surface area contributed by atoms with Gasteiger partial charge in [-0.25, -0.2) is 0 Å². The Kier molecular flexibility index (Phi) is 2.61. The Labute approximate surface area is 90.7 Å². The Balaban J connectivity index is 2.30. The molecule has 1 heterocycles. The van der Waals surface area contributed by atoms with Crippen LogP contribution >= 0.6 is 0 Å². The molecule has 0 saturated carbocycles. The van der Waals surface area contributed by atoms with E-state index in [0.29, 0.717) is 5.92 Å². The summed E-state index contributed by atoms with van der Waals surface area (Å²) in [6.07, 6.45) is 7.59. The zero-order chi connectivity index (χ0) is 10.9. The quantitative estimate of drug-likeness (QED) is 0.711. The molecule has 80 valence electrons. The molecular weight excluding hydrogens is 186 g/mol. The van der Waals surface area contributed by atoms with E-state index >= 15 is 0 Å². The second-order valence-corrected chi connectivity index (χ2v) is 4.49. The summed E-state index contributed by atoms with van der Waals surface area (Å²) in [5.41, 5.74) is 1.08. The molecule has 0 radical (unpaired) electrons. The van der Waals surface area contributed by atoms with Crippen molar-refractivity contribution in [3.8, 4) is 0 Å². The van der Waals surface area contributed by atoms with Gasteiger partial charge in [-0.2, -0.15) is 0 Å². The first-order valence-corrected chi connectivity index (χ1v) is 5.45. The molecule has 15 heavy (non-hydrogen) atoms. The molecule has 1 N–H and O–H groups in total. The molecule has 0 fully saturated rings. The van der Waals surface area contributed by atoms with Gasteiger partial charge in [0.2, 0.25) is 0 Å². The summed E-state index contributed by atoms with van der Waals surface area (Å²) in [5.74, 6) is 0.573. The summed E-state index contributed by atoms with van der Waals surface area (Å²) in [6, 6.07) is 3.90. The molecule has 2 atom stereocenters. The van der Waals surface area contributed by atoms with Crippen LogP contribution in [0.4, 0.5) is 0 Å². The van der Waals surface area contributed by atoms with Gasteiger partial charge in [-0.3, -0.25) is 4.98 Å². The van der Waals surface area contributed by atoms with Gasteiger partial charge in [0.05, 0.1) is 0 Å². The second-order valence-electron chi connectivity index (χ2n) is 4.49. The largest absolute Gasteiger partial charge is 0.381 e. The second kappa shape index (κ2) is 3.78. The molecule has 0 spiro atoms. The Morgan fingerprint density at radius 2 is 2.27 bits per heavy atom. The minimum atomic E-state index is -0.798. The van der Waals surface area contributed by atoms with E-state index in [1.165, 1.54) is 0 Å². The molecular formula is C13H17NO. The standard InChI is InChI=1S/C13H17NO/c1-10-5-7-13(15,8-6-10)12-4-3-11(2)14-9-12/h3-5,7,9-10,15H,6,8H2,1-2H3. The van der Waals surface area contributed by atoms with Crippen molar-refractivity contribution in [3.05, 3.63) is 41.7 Å². The topological polar surface area (TPSA) is 33.1 Å². The molecule has 2 unspecified atom stereocenters. The van der Waals surface area contributed by atoms with Crippen molar-refractivity contribution in [3.63, 3.8) is 0 Å². The third kappa shape index (κ3) is 2.10. The summed E-state index contributed by atoms with van der Waals surface area (Å²) < 4.78 is 0. The Bertz CT molecular complexity index is 369. The molecule has 1 aliphatic carbocycles. The first-order valence-electron chi connectivity index (χ1n) is 5.45. The van der Waals surface area contributed by atoms with Crippen LogP contribution in [0.2, 0.25) is 0 Å². The molecule has 0 bridgehead atoms. The summed E-state index contributed by atoms with van der Waals surface area (Å²) in [6.45, 7) is 4.12. The van der Waals surface area contributed by atoms with Gasteiger partial charge in [0.15, 0.2) is 0 Å².